The van der Waals surface area contributed by atoms with Gasteiger partial charge in [-0.1, -0.05) is 34.1 Å². The lowest BCUT2D eigenvalue weighted by Crippen LogP contribution is -2.30. The molecule has 0 unspecified atom stereocenters. The Bertz CT molecular complexity index is 604. The molecule has 0 aromatic heterocycles. The maximum Gasteiger partial charge on any atom is 0.265 e. The zero-order valence-electron chi connectivity index (χ0n) is 10.8. The van der Waals surface area contributed by atoms with Crippen molar-refractivity contribution in [2.75, 3.05) is 5.32 Å². The molecule has 0 saturated heterocycles. The van der Waals surface area contributed by atoms with Crippen LogP contribution in [0.25, 0.3) is 0 Å². The monoisotopic (exact) mass is 337 g/mol. The van der Waals surface area contributed by atoms with E-state index in [1.165, 1.54) is 12.1 Å². The lowest BCUT2D eigenvalue weighted by atomic mass is 10.3. The van der Waals surface area contributed by atoms with Crippen molar-refractivity contribution >= 4 is 27.5 Å². The molecule has 0 radical (unpaired) electrons. The molecule has 0 aliphatic heterocycles. The van der Waals surface area contributed by atoms with E-state index in [1.807, 2.05) is 18.2 Å². The number of carbonyl (C=O) groups excluding carboxylic acids is 1. The number of halogens is 2. The number of ether oxygens (including phenoxy) is 1. The van der Waals surface area contributed by atoms with Crippen LogP contribution >= 0.6 is 15.9 Å². The summed E-state index contributed by atoms with van der Waals surface area (Å²) in [5.41, 5.74) is 0.671. The van der Waals surface area contributed by atoms with Crippen LogP contribution in [0.2, 0.25) is 0 Å². The molecule has 0 saturated carbocycles. The first-order chi connectivity index (χ1) is 9.56. The number of anilines is 1. The van der Waals surface area contributed by atoms with Crippen molar-refractivity contribution in [3.63, 3.8) is 0 Å². The van der Waals surface area contributed by atoms with Crippen LogP contribution in [0, 0.1) is 5.82 Å². The normalized spacial score (nSPS) is 11.8. The molecular weight excluding hydrogens is 325 g/mol. The van der Waals surface area contributed by atoms with Gasteiger partial charge in [0.2, 0.25) is 0 Å². The van der Waals surface area contributed by atoms with Crippen LogP contribution in [0.1, 0.15) is 6.92 Å². The summed E-state index contributed by atoms with van der Waals surface area (Å²) in [5, 5.41) is 2.70. The van der Waals surface area contributed by atoms with E-state index >= 15 is 0 Å². The maximum atomic E-state index is 13.6. The number of benzene rings is 2. The number of nitrogens with one attached hydrogen (secondary N) is 1. The zero-order chi connectivity index (χ0) is 14.5. The highest BCUT2D eigenvalue weighted by Gasteiger charge is 2.16. The van der Waals surface area contributed by atoms with E-state index in [-0.39, 0.29) is 11.7 Å². The van der Waals surface area contributed by atoms with Gasteiger partial charge in [0, 0.05) is 10.2 Å². The third-order valence-corrected chi connectivity index (χ3v) is 3.10. The molecule has 0 bridgehead atoms. The summed E-state index contributed by atoms with van der Waals surface area (Å²) in [6, 6.07) is 13.4. The zero-order valence-corrected chi connectivity index (χ0v) is 12.4. The van der Waals surface area contributed by atoms with E-state index in [9.17, 15) is 9.18 Å². The van der Waals surface area contributed by atoms with E-state index in [2.05, 4.69) is 21.2 Å². The van der Waals surface area contributed by atoms with Crippen LogP contribution in [0.15, 0.2) is 53.0 Å². The highest BCUT2D eigenvalue weighted by molar-refractivity contribution is 9.10. The summed E-state index contributed by atoms with van der Waals surface area (Å²) >= 11 is 3.16. The van der Waals surface area contributed by atoms with E-state index in [4.69, 9.17) is 4.74 Å². The van der Waals surface area contributed by atoms with Crippen molar-refractivity contribution in [2.24, 2.45) is 0 Å². The molecule has 2 aromatic carbocycles. The Morgan fingerprint density at radius 3 is 2.60 bits per heavy atom. The number of carbonyl (C=O) groups is 1. The van der Waals surface area contributed by atoms with E-state index < -0.39 is 11.9 Å². The summed E-state index contributed by atoms with van der Waals surface area (Å²) in [6.45, 7) is 1.57. The highest BCUT2D eigenvalue weighted by atomic mass is 79.9. The van der Waals surface area contributed by atoms with Gasteiger partial charge in [-0.15, -0.1) is 0 Å². The van der Waals surface area contributed by atoms with Crippen molar-refractivity contribution in [3.8, 4) is 5.75 Å². The highest BCUT2D eigenvalue weighted by Crippen LogP contribution is 2.22. The van der Waals surface area contributed by atoms with E-state index in [0.29, 0.717) is 10.2 Å². The number of para-hydroxylation sites is 1. The molecule has 0 aliphatic carbocycles. The lowest BCUT2D eigenvalue weighted by molar-refractivity contribution is -0.122. The lowest BCUT2D eigenvalue weighted by Gasteiger charge is -2.15. The van der Waals surface area contributed by atoms with Gasteiger partial charge in [-0.05, 0) is 37.3 Å². The van der Waals surface area contributed by atoms with Gasteiger partial charge in [-0.25, -0.2) is 4.39 Å². The van der Waals surface area contributed by atoms with Crippen molar-refractivity contribution < 1.29 is 13.9 Å². The average Bonchev–Trinajstić information content (AvgIpc) is 2.43. The molecule has 104 valence electrons. The number of hydrogen-bond acceptors (Lipinski definition) is 2. The number of hydrogen-bond donors (Lipinski definition) is 1. The molecule has 1 amide bonds. The molecule has 3 nitrogen and oxygen atoms in total. The first-order valence-electron chi connectivity index (χ1n) is 6.04. The first kappa shape index (κ1) is 14.5. The third-order valence-electron chi connectivity index (χ3n) is 2.61. The quantitative estimate of drug-likeness (QED) is 0.915. The van der Waals surface area contributed by atoms with Gasteiger partial charge in [0.05, 0.1) is 0 Å². The summed E-state index contributed by atoms with van der Waals surface area (Å²) in [4.78, 5) is 11.9. The molecule has 1 N–H and O–H groups in total. The second-order valence-corrected chi connectivity index (χ2v) is 5.11. The predicted molar refractivity (Wildman–Crippen MR) is 79.3 cm³/mol. The largest absolute Gasteiger partial charge is 0.478 e. The molecule has 0 aliphatic rings. The van der Waals surface area contributed by atoms with Gasteiger partial charge >= 0.3 is 0 Å². The Labute approximate surface area is 124 Å². The summed E-state index contributed by atoms with van der Waals surface area (Å²) in [7, 11) is 0. The second-order valence-electron chi connectivity index (χ2n) is 4.19. The van der Waals surface area contributed by atoms with Gasteiger partial charge in [0.15, 0.2) is 17.7 Å². The molecule has 0 heterocycles. The minimum Gasteiger partial charge on any atom is -0.478 e. The van der Waals surface area contributed by atoms with Crippen LogP contribution in [0.4, 0.5) is 10.1 Å². The number of rotatable bonds is 4. The van der Waals surface area contributed by atoms with Crippen LogP contribution < -0.4 is 10.1 Å². The minimum absolute atomic E-state index is 0.0453. The molecule has 1 atom stereocenters. The van der Waals surface area contributed by atoms with Crippen LogP contribution in [-0.4, -0.2) is 12.0 Å². The first-order valence-corrected chi connectivity index (χ1v) is 6.83. The molecule has 2 aromatic rings. The Kier molecular flexibility index (Phi) is 4.74. The molecule has 5 heteroatoms. The molecular formula is C15H13BrFNO2. The summed E-state index contributed by atoms with van der Waals surface area (Å²) in [5.74, 6) is -0.804. The van der Waals surface area contributed by atoms with Gasteiger partial charge in [0.1, 0.15) is 0 Å². The van der Waals surface area contributed by atoms with E-state index in [1.54, 1.807) is 25.1 Å². The van der Waals surface area contributed by atoms with E-state index in [0.717, 1.165) is 0 Å². The van der Waals surface area contributed by atoms with Crippen LogP contribution in [0.3, 0.4) is 0 Å². The van der Waals surface area contributed by atoms with Crippen LogP contribution in [0.5, 0.6) is 5.75 Å². The maximum absolute atomic E-state index is 13.6. The third kappa shape index (κ3) is 3.81. The fraction of sp³-hybridized carbons (Fsp3) is 0.133. The Hall–Kier alpha value is -1.88. The SMILES string of the molecule is C[C@@H](Oc1ccc(Br)cc1F)C(=O)Nc1ccccc1. The predicted octanol–water partition coefficient (Wildman–Crippen LogP) is 3.99. The summed E-state index contributed by atoms with van der Waals surface area (Å²) < 4.78 is 19.6. The van der Waals surface area contributed by atoms with Crippen molar-refractivity contribution in [2.45, 2.75) is 13.0 Å². The van der Waals surface area contributed by atoms with Crippen molar-refractivity contribution in [3.05, 3.63) is 58.8 Å². The fourth-order valence-electron chi connectivity index (χ4n) is 1.58. The standard InChI is InChI=1S/C15H13BrFNO2/c1-10(15(19)18-12-5-3-2-4-6-12)20-14-8-7-11(16)9-13(14)17/h2-10H,1H3,(H,18,19)/t10-/m1/s1. The Morgan fingerprint density at radius 2 is 1.95 bits per heavy atom. The Balaban J connectivity index is 2.00. The van der Waals surface area contributed by atoms with Crippen molar-refractivity contribution in [1.29, 1.82) is 0 Å². The van der Waals surface area contributed by atoms with Crippen LogP contribution in [-0.2, 0) is 4.79 Å². The second kappa shape index (κ2) is 6.52. The molecule has 20 heavy (non-hydrogen) atoms. The topological polar surface area (TPSA) is 38.3 Å². The average molecular weight is 338 g/mol. The Morgan fingerprint density at radius 1 is 1.25 bits per heavy atom. The smallest absolute Gasteiger partial charge is 0.265 e. The van der Waals surface area contributed by atoms with Crippen molar-refractivity contribution in [1.82, 2.24) is 0 Å². The minimum atomic E-state index is -0.800. The van der Waals surface area contributed by atoms with Gasteiger partial charge < -0.3 is 10.1 Å². The summed E-state index contributed by atoms with van der Waals surface area (Å²) in [6.07, 6.45) is -0.800. The molecule has 0 fully saturated rings. The van der Waals surface area contributed by atoms with Gasteiger partial charge in [-0.2, -0.15) is 0 Å². The van der Waals surface area contributed by atoms with Gasteiger partial charge in [-0.3, -0.25) is 4.79 Å². The number of amides is 1. The molecule has 0 spiro atoms. The van der Waals surface area contributed by atoms with Gasteiger partial charge in [0.25, 0.3) is 5.91 Å². The fourth-order valence-corrected chi connectivity index (χ4v) is 1.91. The molecule has 2 rings (SSSR count).